The van der Waals surface area contributed by atoms with Crippen LogP contribution in [0.4, 0.5) is 4.79 Å². The summed E-state index contributed by atoms with van der Waals surface area (Å²) >= 11 is 0. The second-order valence-corrected chi connectivity index (χ2v) is 9.42. The van der Waals surface area contributed by atoms with E-state index in [1.807, 2.05) is 45.0 Å². The highest BCUT2D eigenvalue weighted by Gasteiger charge is 2.55. The van der Waals surface area contributed by atoms with E-state index in [9.17, 15) is 14.4 Å². The van der Waals surface area contributed by atoms with Gasteiger partial charge in [-0.25, -0.2) is 4.79 Å². The summed E-state index contributed by atoms with van der Waals surface area (Å²) < 4.78 is 12.9. The second kappa shape index (κ2) is 7.93. The van der Waals surface area contributed by atoms with Gasteiger partial charge in [0, 0.05) is 23.5 Å². The molecule has 5 rings (SSSR count). The van der Waals surface area contributed by atoms with Crippen LogP contribution in [0.1, 0.15) is 59.9 Å². The number of hydrogen-bond acceptors (Lipinski definition) is 5. The van der Waals surface area contributed by atoms with Gasteiger partial charge in [0.05, 0.1) is 6.54 Å². The third-order valence-corrected chi connectivity index (χ3v) is 7.45. The molecule has 2 atom stereocenters. The minimum absolute atomic E-state index is 0.0644. The van der Waals surface area contributed by atoms with Gasteiger partial charge in [-0.1, -0.05) is 25.8 Å². The summed E-state index contributed by atoms with van der Waals surface area (Å²) in [4.78, 5) is 40.2. The third kappa shape index (κ3) is 3.48. The first-order valence-corrected chi connectivity index (χ1v) is 11.5. The first-order chi connectivity index (χ1) is 15.8. The lowest BCUT2D eigenvalue weighted by Gasteiger charge is -2.36. The van der Waals surface area contributed by atoms with Crippen LogP contribution in [-0.4, -0.2) is 46.1 Å². The van der Waals surface area contributed by atoms with E-state index in [1.54, 1.807) is 0 Å². The SMILES string of the molecule is Cc1cc(C(=O)CN2C(=O)N[C@]3(CCCC[C@@H]3C)C2=O)c(C)n1Cc1ccc2c(c1)OCO2. The lowest BCUT2D eigenvalue weighted by atomic mass is 9.73. The summed E-state index contributed by atoms with van der Waals surface area (Å²) in [5.74, 6) is 1.02. The summed E-state index contributed by atoms with van der Waals surface area (Å²) in [6, 6.07) is 7.18. The maximum absolute atomic E-state index is 13.2. The van der Waals surface area contributed by atoms with Gasteiger partial charge in [-0.05, 0) is 56.4 Å². The number of ether oxygens (including phenoxy) is 2. The van der Waals surface area contributed by atoms with Crippen molar-refractivity contribution < 1.29 is 23.9 Å². The van der Waals surface area contributed by atoms with Gasteiger partial charge in [0.1, 0.15) is 5.54 Å². The number of rotatable bonds is 5. The molecule has 0 bridgehead atoms. The fraction of sp³-hybridized carbons (Fsp3) is 0.480. The molecule has 3 aliphatic rings. The molecule has 33 heavy (non-hydrogen) atoms. The molecular weight excluding hydrogens is 422 g/mol. The minimum Gasteiger partial charge on any atom is -0.454 e. The zero-order valence-corrected chi connectivity index (χ0v) is 19.3. The highest BCUT2D eigenvalue weighted by atomic mass is 16.7. The van der Waals surface area contributed by atoms with Crippen LogP contribution in [0.25, 0.3) is 0 Å². The van der Waals surface area contributed by atoms with E-state index < -0.39 is 11.6 Å². The van der Waals surface area contributed by atoms with E-state index in [1.165, 1.54) is 0 Å². The first kappa shape index (κ1) is 21.6. The summed E-state index contributed by atoms with van der Waals surface area (Å²) in [5, 5.41) is 2.92. The lowest BCUT2D eigenvalue weighted by Crippen LogP contribution is -2.54. The van der Waals surface area contributed by atoms with E-state index in [4.69, 9.17) is 9.47 Å². The molecule has 1 saturated carbocycles. The van der Waals surface area contributed by atoms with Crippen LogP contribution >= 0.6 is 0 Å². The number of hydrogen-bond donors (Lipinski definition) is 1. The Bertz CT molecular complexity index is 1150. The van der Waals surface area contributed by atoms with Gasteiger partial charge >= 0.3 is 6.03 Å². The predicted molar refractivity (Wildman–Crippen MR) is 121 cm³/mol. The molecule has 1 aliphatic carbocycles. The van der Waals surface area contributed by atoms with Crippen LogP contribution in [0.3, 0.4) is 0 Å². The summed E-state index contributed by atoms with van der Waals surface area (Å²) in [7, 11) is 0. The predicted octanol–water partition coefficient (Wildman–Crippen LogP) is 3.57. The van der Waals surface area contributed by atoms with Crippen molar-refractivity contribution in [1.29, 1.82) is 0 Å². The Labute approximate surface area is 192 Å². The zero-order chi connectivity index (χ0) is 23.3. The average Bonchev–Trinajstić information content (AvgIpc) is 3.43. The van der Waals surface area contributed by atoms with E-state index in [-0.39, 0.29) is 30.9 Å². The maximum atomic E-state index is 13.2. The number of aryl methyl sites for hydroxylation is 1. The number of urea groups is 1. The Morgan fingerprint density at radius 1 is 1.15 bits per heavy atom. The number of amides is 3. The molecule has 3 amide bonds. The average molecular weight is 452 g/mol. The number of nitrogens with zero attached hydrogens (tertiary/aromatic N) is 2. The van der Waals surface area contributed by atoms with Crippen LogP contribution in [0.5, 0.6) is 11.5 Å². The molecule has 2 aromatic rings. The highest BCUT2D eigenvalue weighted by Crippen LogP contribution is 2.38. The van der Waals surface area contributed by atoms with Crippen LogP contribution in [0, 0.1) is 19.8 Å². The molecule has 2 aliphatic heterocycles. The van der Waals surface area contributed by atoms with Crippen LogP contribution in [0.15, 0.2) is 24.3 Å². The number of imide groups is 1. The van der Waals surface area contributed by atoms with Crippen molar-refractivity contribution >= 4 is 17.7 Å². The number of aromatic nitrogens is 1. The van der Waals surface area contributed by atoms with Crippen LogP contribution in [-0.2, 0) is 11.3 Å². The number of fused-ring (bicyclic) bond motifs is 1. The van der Waals surface area contributed by atoms with Crippen molar-refractivity contribution in [3.8, 4) is 11.5 Å². The number of benzene rings is 1. The van der Waals surface area contributed by atoms with Gasteiger partial charge in [-0.3, -0.25) is 14.5 Å². The second-order valence-electron chi connectivity index (χ2n) is 9.42. The standard InChI is InChI=1S/C25H29N3O5/c1-15-6-4-5-9-25(15)23(30)28(24(31)26-25)13-20(29)19-10-16(2)27(17(19)3)12-18-7-8-21-22(11-18)33-14-32-21/h7-8,10-11,15H,4-6,9,12-14H2,1-3H3,(H,26,31)/t15-,25-/m0/s1. The first-order valence-electron chi connectivity index (χ1n) is 11.5. The van der Waals surface area contributed by atoms with Crippen LogP contribution in [0.2, 0.25) is 0 Å². The Hall–Kier alpha value is -3.29. The maximum Gasteiger partial charge on any atom is 0.325 e. The molecule has 8 heteroatoms. The molecule has 1 aromatic heterocycles. The van der Waals surface area contributed by atoms with Gasteiger partial charge in [0.25, 0.3) is 5.91 Å². The van der Waals surface area contributed by atoms with E-state index in [2.05, 4.69) is 9.88 Å². The van der Waals surface area contributed by atoms with Crippen molar-refractivity contribution in [2.24, 2.45) is 5.92 Å². The zero-order valence-electron chi connectivity index (χ0n) is 19.3. The molecule has 174 valence electrons. The van der Waals surface area contributed by atoms with E-state index in [0.29, 0.717) is 18.5 Å². The topological polar surface area (TPSA) is 89.9 Å². The lowest BCUT2D eigenvalue weighted by molar-refractivity contribution is -0.133. The number of nitrogens with one attached hydrogen (secondary N) is 1. The minimum atomic E-state index is -0.855. The van der Waals surface area contributed by atoms with Crippen molar-refractivity contribution in [2.75, 3.05) is 13.3 Å². The molecule has 0 unspecified atom stereocenters. The fourth-order valence-electron chi connectivity index (χ4n) is 5.42. The smallest absolute Gasteiger partial charge is 0.325 e. The summed E-state index contributed by atoms with van der Waals surface area (Å²) in [6.45, 7) is 6.40. The van der Waals surface area contributed by atoms with Crippen molar-refractivity contribution in [2.45, 2.75) is 58.5 Å². The van der Waals surface area contributed by atoms with Gasteiger partial charge in [-0.2, -0.15) is 0 Å². The molecule has 1 aromatic carbocycles. The quantitative estimate of drug-likeness (QED) is 0.555. The molecule has 3 heterocycles. The largest absolute Gasteiger partial charge is 0.454 e. The van der Waals surface area contributed by atoms with Gasteiger partial charge < -0.3 is 19.4 Å². The summed E-state index contributed by atoms with van der Waals surface area (Å²) in [5.41, 5.74) is 2.45. The van der Waals surface area contributed by atoms with Gasteiger partial charge in [-0.15, -0.1) is 0 Å². The number of carbonyl (C=O) groups excluding carboxylic acids is 3. The Balaban J connectivity index is 1.34. The number of ketones is 1. The molecule has 1 spiro atoms. The highest BCUT2D eigenvalue weighted by molar-refractivity contribution is 6.11. The van der Waals surface area contributed by atoms with Crippen molar-refractivity contribution in [3.05, 3.63) is 46.8 Å². The van der Waals surface area contributed by atoms with Gasteiger partial charge in [0.15, 0.2) is 17.3 Å². The van der Waals surface area contributed by atoms with Gasteiger partial charge in [0.2, 0.25) is 6.79 Å². The molecule has 2 fully saturated rings. The normalized spacial score (nSPS) is 24.0. The Morgan fingerprint density at radius 3 is 2.73 bits per heavy atom. The number of Topliss-reactive ketones (excluding diaryl/α,β-unsaturated/α-hetero) is 1. The molecular formula is C25H29N3O5. The van der Waals surface area contributed by atoms with Crippen LogP contribution < -0.4 is 14.8 Å². The third-order valence-electron chi connectivity index (χ3n) is 7.45. The molecule has 1 saturated heterocycles. The molecule has 1 N–H and O–H groups in total. The Kier molecular flexibility index (Phi) is 5.18. The van der Waals surface area contributed by atoms with Crippen molar-refractivity contribution in [3.63, 3.8) is 0 Å². The van der Waals surface area contributed by atoms with E-state index >= 15 is 0 Å². The monoisotopic (exact) mass is 451 g/mol. The van der Waals surface area contributed by atoms with Crippen molar-refractivity contribution in [1.82, 2.24) is 14.8 Å². The fourth-order valence-corrected chi connectivity index (χ4v) is 5.42. The number of carbonyl (C=O) groups is 3. The van der Waals surface area contributed by atoms with E-state index in [0.717, 1.165) is 52.6 Å². The molecule has 8 nitrogen and oxygen atoms in total. The summed E-state index contributed by atoms with van der Waals surface area (Å²) in [6.07, 6.45) is 3.49. The Morgan fingerprint density at radius 2 is 1.94 bits per heavy atom. The molecule has 0 radical (unpaired) electrons.